The number of aromatic nitrogens is 2. The highest BCUT2D eigenvalue weighted by molar-refractivity contribution is 5.83. The molecule has 0 radical (unpaired) electrons. The first kappa shape index (κ1) is 5.81. The van der Waals surface area contributed by atoms with Crippen LogP contribution in [0, 0.1) is 6.92 Å². The van der Waals surface area contributed by atoms with Crippen LogP contribution in [-0.4, -0.2) is 16.2 Å². The molecule has 0 unspecified atom stereocenters. The molecule has 0 fully saturated rings. The smallest absolute Gasteiger partial charge is 0.108 e. The molecule has 0 aliphatic rings. The molecule has 0 amide bonds. The van der Waals surface area contributed by atoms with E-state index in [2.05, 4.69) is 10.2 Å². The van der Waals surface area contributed by atoms with E-state index in [9.17, 15) is 9.90 Å². The lowest BCUT2D eigenvalue weighted by atomic mass is 10.4. The summed E-state index contributed by atoms with van der Waals surface area (Å²) in [4.78, 5) is 10.0. The number of aromatic carboxylic acids is 1. The van der Waals surface area contributed by atoms with Crippen molar-refractivity contribution in [3.05, 3.63) is 17.5 Å². The Kier molecular flexibility index (Phi) is 1.22. The van der Waals surface area contributed by atoms with E-state index in [1.807, 2.05) is 0 Å². The first-order valence-electron chi connectivity index (χ1n) is 2.43. The van der Waals surface area contributed by atoms with E-state index >= 15 is 0 Å². The highest BCUT2D eigenvalue weighted by Gasteiger charge is 1.95. The number of hydrogen-bond acceptors (Lipinski definition) is 3. The number of aromatic amines is 1. The molecule has 4 nitrogen and oxygen atoms in total. The number of rotatable bonds is 1. The van der Waals surface area contributed by atoms with Crippen LogP contribution >= 0.6 is 0 Å². The van der Waals surface area contributed by atoms with Crippen LogP contribution < -0.4 is 5.11 Å². The van der Waals surface area contributed by atoms with Crippen LogP contribution in [0.4, 0.5) is 0 Å². The maximum Gasteiger partial charge on any atom is 0.108 e. The van der Waals surface area contributed by atoms with Gasteiger partial charge in [-0.3, -0.25) is 5.10 Å². The van der Waals surface area contributed by atoms with Gasteiger partial charge in [0.2, 0.25) is 0 Å². The predicted octanol–water partition coefficient (Wildman–Crippen LogP) is -0.918. The van der Waals surface area contributed by atoms with Gasteiger partial charge >= 0.3 is 0 Å². The van der Waals surface area contributed by atoms with E-state index in [0.29, 0.717) is 5.69 Å². The van der Waals surface area contributed by atoms with Gasteiger partial charge in [0.05, 0.1) is 5.97 Å². The molecular weight excluding hydrogens is 120 g/mol. The molecule has 1 aromatic rings. The Hall–Kier alpha value is -1.32. The average molecular weight is 125 g/mol. The average Bonchev–Trinajstić information content (AvgIpc) is 2.14. The minimum Gasteiger partial charge on any atom is -0.543 e. The second kappa shape index (κ2) is 1.89. The molecule has 0 spiro atoms. The van der Waals surface area contributed by atoms with E-state index < -0.39 is 5.97 Å². The zero-order valence-electron chi connectivity index (χ0n) is 4.84. The summed E-state index contributed by atoms with van der Waals surface area (Å²) in [5.74, 6) is -1.25. The number of nitrogens with zero attached hydrogens (tertiary/aromatic N) is 1. The number of nitrogens with one attached hydrogen (secondary N) is 1. The number of carboxylic acid groups (broad SMARTS) is 1. The number of carbonyl (C=O) groups excluding carboxylic acids is 1. The Labute approximate surface area is 51.5 Å². The second-order valence-electron chi connectivity index (χ2n) is 1.72. The van der Waals surface area contributed by atoms with E-state index in [1.54, 1.807) is 6.92 Å². The van der Waals surface area contributed by atoms with Crippen LogP contribution in [0.25, 0.3) is 0 Å². The van der Waals surface area contributed by atoms with Crippen molar-refractivity contribution >= 4 is 5.97 Å². The summed E-state index contributed by atoms with van der Waals surface area (Å²) in [5, 5.41) is 15.9. The normalized spacial score (nSPS) is 9.44. The molecular formula is C5H5N2O2-. The zero-order valence-corrected chi connectivity index (χ0v) is 4.84. The summed E-state index contributed by atoms with van der Waals surface area (Å²) in [5.41, 5.74) is 0.668. The van der Waals surface area contributed by atoms with Gasteiger partial charge in [-0.05, 0) is 13.0 Å². The van der Waals surface area contributed by atoms with Gasteiger partial charge in [-0.25, -0.2) is 0 Å². The molecule has 0 aromatic carbocycles. The standard InChI is InChI=1S/C5H6N2O2/c1-3-2-4(5(8)9)7-6-3/h2H,1H3,(H,6,7)(H,8,9)/p-1. The SMILES string of the molecule is Cc1cc(C(=O)[O-])n[nH]1. The Balaban J connectivity index is 2.98. The molecule has 0 atom stereocenters. The Morgan fingerprint density at radius 3 is 2.78 bits per heavy atom. The molecule has 0 bridgehead atoms. The molecule has 0 aliphatic heterocycles. The van der Waals surface area contributed by atoms with Crippen molar-refractivity contribution in [2.24, 2.45) is 0 Å². The molecule has 4 heteroatoms. The van der Waals surface area contributed by atoms with Crippen LogP contribution in [0.3, 0.4) is 0 Å². The quantitative estimate of drug-likeness (QED) is 0.527. The Bertz CT molecular complexity index is 229. The maximum absolute atomic E-state index is 10.0. The van der Waals surface area contributed by atoms with Gasteiger partial charge in [-0.2, -0.15) is 5.10 Å². The first-order chi connectivity index (χ1) is 4.20. The molecule has 9 heavy (non-hydrogen) atoms. The van der Waals surface area contributed by atoms with Gasteiger partial charge in [0, 0.05) is 5.69 Å². The zero-order chi connectivity index (χ0) is 6.85. The number of carboxylic acids is 1. The molecule has 1 heterocycles. The van der Waals surface area contributed by atoms with E-state index in [1.165, 1.54) is 6.07 Å². The Morgan fingerprint density at radius 1 is 1.89 bits per heavy atom. The fourth-order valence-corrected chi connectivity index (χ4v) is 0.523. The van der Waals surface area contributed by atoms with Crippen molar-refractivity contribution in [3.8, 4) is 0 Å². The lowest BCUT2D eigenvalue weighted by Gasteiger charge is -1.90. The third kappa shape index (κ3) is 1.07. The van der Waals surface area contributed by atoms with E-state index in [-0.39, 0.29) is 5.69 Å². The van der Waals surface area contributed by atoms with Crippen molar-refractivity contribution < 1.29 is 9.90 Å². The number of carbonyl (C=O) groups is 1. The van der Waals surface area contributed by atoms with Gasteiger partial charge < -0.3 is 9.90 Å². The van der Waals surface area contributed by atoms with E-state index in [0.717, 1.165) is 0 Å². The molecule has 1 rings (SSSR count). The first-order valence-corrected chi connectivity index (χ1v) is 2.43. The summed E-state index contributed by atoms with van der Waals surface area (Å²) >= 11 is 0. The minimum absolute atomic E-state index is 0.0486. The van der Waals surface area contributed by atoms with Gasteiger partial charge in [0.25, 0.3) is 0 Å². The van der Waals surface area contributed by atoms with Crippen LogP contribution in [0.5, 0.6) is 0 Å². The van der Waals surface area contributed by atoms with Gasteiger partial charge in [-0.15, -0.1) is 0 Å². The molecule has 1 aromatic heterocycles. The summed E-state index contributed by atoms with van der Waals surface area (Å²) in [6.45, 7) is 1.72. The van der Waals surface area contributed by atoms with Gasteiger partial charge in [0.15, 0.2) is 0 Å². The third-order valence-electron chi connectivity index (χ3n) is 0.915. The highest BCUT2D eigenvalue weighted by atomic mass is 16.4. The third-order valence-corrected chi connectivity index (χ3v) is 0.915. The maximum atomic E-state index is 10.0. The van der Waals surface area contributed by atoms with Crippen molar-refractivity contribution in [3.63, 3.8) is 0 Å². The van der Waals surface area contributed by atoms with Crippen LogP contribution in [0.1, 0.15) is 16.2 Å². The number of hydrogen-bond donors (Lipinski definition) is 1. The van der Waals surface area contributed by atoms with Gasteiger partial charge in [-0.1, -0.05) is 0 Å². The number of aryl methyl sites for hydroxylation is 1. The van der Waals surface area contributed by atoms with E-state index in [4.69, 9.17) is 0 Å². The fraction of sp³-hybridized carbons (Fsp3) is 0.200. The monoisotopic (exact) mass is 125 g/mol. The van der Waals surface area contributed by atoms with Crippen molar-refractivity contribution in [2.45, 2.75) is 6.92 Å². The molecule has 0 saturated carbocycles. The lowest BCUT2D eigenvalue weighted by Crippen LogP contribution is -2.22. The van der Waals surface area contributed by atoms with Crippen molar-refractivity contribution in [1.29, 1.82) is 0 Å². The number of H-pyrrole nitrogens is 1. The highest BCUT2D eigenvalue weighted by Crippen LogP contribution is 1.94. The fourth-order valence-electron chi connectivity index (χ4n) is 0.523. The van der Waals surface area contributed by atoms with Gasteiger partial charge in [0.1, 0.15) is 5.69 Å². The summed E-state index contributed by atoms with van der Waals surface area (Å²) < 4.78 is 0. The van der Waals surface area contributed by atoms with Crippen LogP contribution in [-0.2, 0) is 0 Å². The minimum atomic E-state index is -1.25. The molecule has 1 N–H and O–H groups in total. The summed E-state index contributed by atoms with van der Waals surface area (Å²) in [6.07, 6.45) is 0. The van der Waals surface area contributed by atoms with Crippen LogP contribution in [0.15, 0.2) is 6.07 Å². The summed E-state index contributed by atoms with van der Waals surface area (Å²) in [6, 6.07) is 1.41. The molecule has 0 aliphatic carbocycles. The largest absolute Gasteiger partial charge is 0.543 e. The molecule has 0 saturated heterocycles. The Morgan fingerprint density at radius 2 is 2.56 bits per heavy atom. The van der Waals surface area contributed by atoms with Crippen LogP contribution in [0.2, 0.25) is 0 Å². The summed E-state index contributed by atoms with van der Waals surface area (Å²) in [7, 11) is 0. The van der Waals surface area contributed by atoms with Crippen molar-refractivity contribution in [1.82, 2.24) is 10.2 Å². The molecule has 48 valence electrons. The second-order valence-corrected chi connectivity index (χ2v) is 1.72. The lowest BCUT2D eigenvalue weighted by molar-refractivity contribution is -0.255. The topological polar surface area (TPSA) is 68.8 Å². The van der Waals surface area contributed by atoms with Crippen molar-refractivity contribution in [2.75, 3.05) is 0 Å². The predicted molar refractivity (Wildman–Crippen MR) is 27.7 cm³/mol.